The van der Waals surface area contributed by atoms with Crippen LogP contribution in [0.5, 0.6) is 11.5 Å². The second-order valence-corrected chi connectivity index (χ2v) is 18.4. The van der Waals surface area contributed by atoms with Crippen molar-refractivity contribution in [2.75, 3.05) is 21.3 Å². The van der Waals surface area contributed by atoms with E-state index < -0.39 is 54.5 Å². The Balaban J connectivity index is 1.35. The number of amides is 2. The third kappa shape index (κ3) is 10.7. The highest BCUT2D eigenvalue weighted by molar-refractivity contribution is 14.1. The van der Waals surface area contributed by atoms with Crippen LogP contribution in [0.25, 0.3) is 10.9 Å². The first-order chi connectivity index (χ1) is 28.9. The summed E-state index contributed by atoms with van der Waals surface area (Å²) in [4.78, 5) is 45.0. The van der Waals surface area contributed by atoms with E-state index in [1.54, 1.807) is 37.6 Å². The number of aromatic nitrogens is 1. The predicted molar refractivity (Wildman–Crippen MR) is 251 cm³/mol. The van der Waals surface area contributed by atoms with Crippen molar-refractivity contribution < 1.29 is 42.6 Å². The smallest absolute Gasteiger partial charge is 0.494 e. The SMILES string of the molecule is COC(=O)[C@H](N[C@H](NC(=O)[C@@H](Cc1c[nH]c2cc(B3OC(C)(C)C(C)(C)O3)ccc12)NC(=O)OCc1ccccc1)c1cc(Cl)c(OC)c(Cl)c1)c1cc(I)c(OC)c(I)c1. The van der Waals surface area contributed by atoms with Crippen molar-refractivity contribution in [1.29, 1.82) is 0 Å². The van der Waals surface area contributed by atoms with Gasteiger partial charge in [-0.05, 0) is 131 Å². The minimum Gasteiger partial charge on any atom is -0.495 e. The molecule has 4 N–H and O–H groups in total. The van der Waals surface area contributed by atoms with Gasteiger partial charge in [-0.1, -0.05) is 65.7 Å². The van der Waals surface area contributed by atoms with E-state index in [0.717, 1.165) is 34.6 Å². The molecule has 1 aliphatic rings. The monoisotopic (exact) mass is 1100 g/mol. The fourth-order valence-electron chi connectivity index (χ4n) is 6.77. The van der Waals surface area contributed by atoms with Crippen molar-refractivity contribution in [3.63, 3.8) is 0 Å². The molecule has 0 spiro atoms. The zero-order chi connectivity index (χ0) is 44.2. The Labute approximate surface area is 392 Å². The van der Waals surface area contributed by atoms with Crippen LogP contribution >= 0.6 is 68.4 Å². The molecule has 0 unspecified atom stereocenters. The molecule has 1 aliphatic heterocycles. The predicted octanol–water partition coefficient (Wildman–Crippen LogP) is 8.16. The molecule has 4 aromatic carbocycles. The number of halogens is 4. The van der Waals surface area contributed by atoms with E-state index in [9.17, 15) is 14.4 Å². The van der Waals surface area contributed by atoms with Crippen molar-refractivity contribution in [2.24, 2.45) is 0 Å². The molecular formula is C43H45BCl2I2N4O9. The number of hydrogen-bond acceptors (Lipinski definition) is 10. The molecule has 0 radical (unpaired) electrons. The van der Waals surface area contributed by atoms with Gasteiger partial charge in [0.05, 0.1) is 49.7 Å². The van der Waals surface area contributed by atoms with Crippen LogP contribution in [0.2, 0.25) is 10.0 Å². The zero-order valence-electron chi connectivity index (χ0n) is 34.4. The number of hydrogen-bond donors (Lipinski definition) is 4. The molecule has 2 amide bonds. The van der Waals surface area contributed by atoms with Crippen LogP contribution < -0.4 is 30.9 Å². The quantitative estimate of drug-likeness (QED) is 0.0349. The fourth-order valence-corrected chi connectivity index (χ4v) is 9.68. The Hall–Kier alpha value is -3.79. The van der Waals surface area contributed by atoms with Gasteiger partial charge in [0.1, 0.15) is 30.6 Å². The summed E-state index contributed by atoms with van der Waals surface area (Å²) in [6.07, 6.45) is -0.130. The first-order valence-electron chi connectivity index (χ1n) is 19.1. The molecule has 3 atom stereocenters. The number of nitrogens with one attached hydrogen (secondary N) is 4. The minimum absolute atomic E-state index is 0.0247. The van der Waals surface area contributed by atoms with Crippen molar-refractivity contribution in [3.8, 4) is 11.5 Å². The lowest BCUT2D eigenvalue weighted by molar-refractivity contribution is -0.144. The van der Waals surface area contributed by atoms with Crippen molar-refractivity contribution in [1.82, 2.24) is 20.9 Å². The average molecular weight is 1100 g/mol. The number of carbonyl (C=O) groups is 3. The molecular weight excluding hydrogens is 1050 g/mol. The molecule has 18 heteroatoms. The maximum Gasteiger partial charge on any atom is 0.494 e. The fraction of sp³-hybridized carbons (Fsp3) is 0.326. The summed E-state index contributed by atoms with van der Waals surface area (Å²) in [5, 5.41) is 10.2. The van der Waals surface area contributed by atoms with E-state index in [1.165, 1.54) is 14.2 Å². The van der Waals surface area contributed by atoms with E-state index in [-0.39, 0.29) is 28.8 Å². The topological polar surface area (TPSA) is 158 Å². The molecule has 1 aromatic heterocycles. The zero-order valence-corrected chi connectivity index (χ0v) is 40.2. The third-order valence-corrected chi connectivity index (χ3v) is 12.9. The summed E-state index contributed by atoms with van der Waals surface area (Å²) in [6, 6.07) is 19.4. The molecule has 2 heterocycles. The lowest BCUT2D eigenvalue weighted by Crippen LogP contribution is -2.52. The van der Waals surface area contributed by atoms with Crippen LogP contribution in [0.4, 0.5) is 4.79 Å². The van der Waals surface area contributed by atoms with Crippen molar-refractivity contribution in [3.05, 3.63) is 118 Å². The molecule has 0 saturated carbocycles. The Bertz CT molecular complexity index is 2360. The van der Waals surface area contributed by atoms with E-state index in [0.29, 0.717) is 16.9 Å². The number of alkyl carbamates (subject to hydrolysis) is 1. The molecule has 6 rings (SSSR count). The second kappa shape index (κ2) is 19.7. The van der Waals surface area contributed by atoms with Crippen LogP contribution in [-0.2, 0) is 41.4 Å². The minimum atomic E-state index is -1.20. The van der Waals surface area contributed by atoms with Crippen LogP contribution in [-0.4, -0.2) is 68.6 Å². The maximum absolute atomic E-state index is 14.7. The number of carbonyl (C=O) groups excluding carboxylic acids is 3. The largest absolute Gasteiger partial charge is 0.495 e. The summed E-state index contributed by atoms with van der Waals surface area (Å²) < 4.78 is 35.8. The van der Waals surface area contributed by atoms with Crippen LogP contribution in [0, 0.1) is 7.14 Å². The Kier molecular flexibility index (Phi) is 15.1. The number of benzene rings is 4. The summed E-state index contributed by atoms with van der Waals surface area (Å²) in [6.45, 7) is 7.96. The first-order valence-corrected chi connectivity index (χ1v) is 22.0. The number of H-pyrrole nitrogens is 1. The van der Waals surface area contributed by atoms with Gasteiger partial charge in [-0.15, -0.1) is 0 Å². The second-order valence-electron chi connectivity index (χ2n) is 15.3. The molecule has 0 bridgehead atoms. The molecule has 1 saturated heterocycles. The van der Waals surface area contributed by atoms with Crippen LogP contribution in [0.1, 0.15) is 62.2 Å². The maximum atomic E-state index is 14.7. The van der Waals surface area contributed by atoms with Gasteiger partial charge in [-0.25, -0.2) is 9.59 Å². The average Bonchev–Trinajstić information content (AvgIpc) is 3.72. The Morgan fingerprint density at radius 3 is 2.03 bits per heavy atom. The number of aromatic amines is 1. The van der Waals surface area contributed by atoms with E-state index in [4.69, 9.17) is 51.5 Å². The standard InChI is InChI=1S/C43H45BCl2I2N4O9/c1-42(2)43(3,4)61-44(60-42)27-13-14-28-26(21-49-33(28)20-27)19-34(50-41(55)59-22-23-11-9-8-10-12-23)39(53)52-38(25-15-29(45)36(56-5)30(46)16-25)51-35(40(54)58-7)24-17-31(47)37(57-6)32(48)18-24/h8-18,20-21,34-35,38,49,51H,19,22H2,1-7H3,(H,50,55)(H,52,53)/t34-,35-,38-/m1/s1. The third-order valence-electron chi connectivity index (χ3n) is 10.7. The molecule has 1 fully saturated rings. The van der Waals surface area contributed by atoms with Crippen LogP contribution in [0.3, 0.4) is 0 Å². The van der Waals surface area contributed by atoms with Crippen molar-refractivity contribution in [2.45, 2.75) is 70.2 Å². The lowest BCUT2D eigenvalue weighted by atomic mass is 9.78. The van der Waals surface area contributed by atoms with Gasteiger partial charge in [0.15, 0.2) is 5.75 Å². The van der Waals surface area contributed by atoms with Gasteiger partial charge >= 0.3 is 19.2 Å². The molecule has 13 nitrogen and oxygen atoms in total. The lowest BCUT2D eigenvalue weighted by Gasteiger charge is -2.32. The molecule has 61 heavy (non-hydrogen) atoms. The highest BCUT2D eigenvalue weighted by Gasteiger charge is 2.51. The van der Waals surface area contributed by atoms with Gasteiger partial charge in [0, 0.05) is 23.5 Å². The molecule has 322 valence electrons. The normalized spacial score (nSPS) is 15.8. The number of esters is 1. The summed E-state index contributed by atoms with van der Waals surface area (Å²) in [5.41, 5.74) is 2.96. The first kappa shape index (κ1) is 46.7. The van der Waals surface area contributed by atoms with Crippen LogP contribution in [0.15, 0.2) is 79.0 Å². The van der Waals surface area contributed by atoms with Gasteiger partial charge in [0.25, 0.3) is 0 Å². The number of rotatable bonds is 15. The molecule has 0 aliphatic carbocycles. The number of methoxy groups -OCH3 is 3. The summed E-state index contributed by atoms with van der Waals surface area (Å²) >= 11 is 17.5. The summed E-state index contributed by atoms with van der Waals surface area (Å²) in [5.74, 6) is -0.396. The van der Waals surface area contributed by atoms with E-state index in [2.05, 4.69) is 66.1 Å². The van der Waals surface area contributed by atoms with Gasteiger partial charge in [-0.2, -0.15) is 0 Å². The van der Waals surface area contributed by atoms with Gasteiger partial charge < -0.3 is 43.9 Å². The molecule has 5 aromatic rings. The Morgan fingerprint density at radius 1 is 0.820 bits per heavy atom. The number of fused-ring (bicyclic) bond motifs is 1. The summed E-state index contributed by atoms with van der Waals surface area (Å²) in [7, 11) is 3.69. The highest BCUT2D eigenvalue weighted by Crippen LogP contribution is 2.38. The van der Waals surface area contributed by atoms with E-state index in [1.807, 2.05) is 76.2 Å². The Morgan fingerprint density at radius 2 is 1.44 bits per heavy atom. The van der Waals surface area contributed by atoms with Gasteiger partial charge in [-0.3, -0.25) is 10.1 Å². The van der Waals surface area contributed by atoms with E-state index >= 15 is 0 Å². The van der Waals surface area contributed by atoms with Gasteiger partial charge in [0.2, 0.25) is 5.91 Å². The number of ether oxygens (including phenoxy) is 4. The highest BCUT2D eigenvalue weighted by atomic mass is 127. The van der Waals surface area contributed by atoms with Crippen molar-refractivity contribution >= 4 is 110 Å².